The minimum atomic E-state index is -0.240. The quantitative estimate of drug-likeness (QED) is 0.667. The highest BCUT2D eigenvalue weighted by Crippen LogP contribution is 2.27. The molecule has 160 valence electrons. The van der Waals surface area contributed by atoms with Crippen molar-refractivity contribution in [2.75, 3.05) is 20.7 Å². The molecule has 0 aliphatic heterocycles. The summed E-state index contributed by atoms with van der Waals surface area (Å²) < 4.78 is 11.3. The molecule has 2 rings (SSSR count). The second-order valence-electron chi connectivity index (χ2n) is 7.32. The third-order valence-corrected chi connectivity index (χ3v) is 5.00. The fraction of sp³-hybridized carbons (Fsp3) is 0.435. The number of amides is 1. The first-order valence-electron chi connectivity index (χ1n) is 9.60. The molecule has 0 aliphatic rings. The number of ether oxygens (including phenoxy) is 2. The standard InChI is InChI=1S/C23H32N2O3.ClH/c1-16-8-6-7-9-20(16)15-28-23-17(2)10-19(11-18(23)3)14-25(4)22(26)12-21(13-24)27-5;/h6-11,21H,12-15,24H2,1-5H3;1H. The lowest BCUT2D eigenvalue weighted by Crippen LogP contribution is -2.33. The van der Waals surface area contributed by atoms with E-state index in [1.165, 1.54) is 11.1 Å². The summed E-state index contributed by atoms with van der Waals surface area (Å²) in [6.45, 7) is 7.60. The molecule has 1 unspecified atom stereocenters. The van der Waals surface area contributed by atoms with E-state index in [1.807, 2.05) is 26.0 Å². The number of aryl methyl sites for hydroxylation is 3. The lowest BCUT2D eigenvalue weighted by molar-refractivity contribution is -0.132. The van der Waals surface area contributed by atoms with Gasteiger partial charge in [0, 0.05) is 27.2 Å². The molecule has 6 heteroatoms. The monoisotopic (exact) mass is 420 g/mol. The van der Waals surface area contributed by atoms with Crippen LogP contribution in [0.4, 0.5) is 0 Å². The Balaban J connectivity index is 0.00000420. The van der Waals surface area contributed by atoms with Crippen LogP contribution in [-0.2, 0) is 22.7 Å². The van der Waals surface area contributed by atoms with E-state index < -0.39 is 0 Å². The summed E-state index contributed by atoms with van der Waals surface area (Å²) in [5, 5.41) is 0. The number of hydrogen-bond donors (Lipinski definition) is 1. The SMILES string of the molecule is COC(CN)CC(=O)N(C)Cc1cc(C)c(OCc2ccccc2C)c(C)c1.Cl. The molecule has 29 heavy (non-hydrogen) atoms. The molecular weight excluding hydrogens is 388 g/mol. The van der Waals surface area contributed by atoms with Gasteiger partial charge in [0.1, 0.15) is 12.4 Å². The van der Waals surface area contributed by atoms with Crippen molar-refractivity contribution >= 4 is 18.3 Å². The fourth-order valence-corrected chi connectivity index (χ4v) is 3.26. The van der Waals surface area contributed by atoms with E-state index in [9.17, 15) is 4.79 Å². The summed E-state index contributed by atoms with van der Waals surface area (Å²) in [6.07, 6.45) is 0.0506. The maximum absolute atomic E-state index is 12.4. The van der Waals surface area contributed by atoms with Gasteiger partial charge in [-0.15, -0.1) is 12.4 Å². The van der Waals surface area contributed by atoms with E-state index in [2.05, 4.69) is 31.2 Å². The van der Waals surface area contributed by atoms with Crippen molar-refractivity contribution in [1.29, 1.82) is 0 Å². The number of nitrogens with two attached hydrogens (primary N) is 1. The maximum atomic E-state index is 12.4. The molecule has 5 nitrogen and oxygen atoms in total. The van der Waals surface area contributed by atoms with Gasteiger partial charge in [0.15, 0.2) is 0 Å². The Bertz CT molecular complexity index is 783. The highest BCUT2D eigenvalue weighted by atomic mass is 35.5. The van der Waals surface area contributed by atoms with Crippen LogP contribution in [0.1, 0.15) is 34.2 Å². The molecule has 0 saturated heterocycles. The molecular formula is C23H33ClN2O3. The van der Waals surface area contributed by atoms with Crippen LogP contribution in [-0.4, -0.2) is 37.6 Å². The minimum absolute atomic E-state index is 0. The Morgan fingerprint density at radius 3 is 2.28 bits per heavy atom. The van der Waals surface area contributed by atoms with Crippen LogP contribution in [0.15, 0.2) is 36.4 Å². The van der Waals surface area contributed by atoms with Gasteiger partial charge in [-0.2, -0.15) is 0 Å². The van der Waals surface area contributed by atoms with Crippen LogP contribution in [0.2, 0.25) is 0 Å². The largest absolute Gasteiger partial charge is 0.488 e. The number of methoxy groups -OCH3 is 1. The average Bonchev–Trinajstić information content (AvgIpc) is 2.66. The molecule has 0 saturated carbocycles. The lowest BCUT2D eigenvalue weighted by atomic mass is 10.0. The molecule has 2 N–H and O–H groups in total. The zero-order chi connectivity index (χ0) is 20.7. The van der Waals surface area contributed by atoms with E-state index in [1.54, 1.807) is 19.1 Å². The van der Waals surface area contributed by atoms with Crippen molar-refractivity contribution in [3.8, 4) is 5.75 Å². The van der Waals surface area contributed by atoms with Crippen molar-refractivity contribution < 1.29 is 14.3 Å². The Morgan fingerprint density at radius 1 is 1.10 bits per heavy atom. The van der Waals surface area contributed by atoms with Gasteiger partial charge in [0.05, 0.1) is 12.5 Å². The Hall–Kier alpha value is -2.08. The van der Waals surface area contributed by atoms with Crippen molar-refractivity contribution in [3.63, 3.8) is 0 Å². The summed E-state index contributed by atoms with van der Waals surface area (Å²) in [7, 11) is 3.38. The van der Waals surface area contributed by atoms with Crippen molar-refractivity contribution in [3.05, 3.63) is 64.2 Å². The van der Waals surface area contributed by atoms with Crippen LogP contribution in [0.3, 0.4) is 0 Å². The van der Waals surface area contributed by atoms with Crippen LogP contribution in [0.25, 0.3) is 0 Å². The average molecular weight is 421 g/mol. The van der Waals surface area contributed by atoms with Crippen LogP contribution >= 0.6 is 12.4 Å². The van der Waals surface area contributed by atoms with Gasteiger partial charge in [-0.05, 0) is 48.6 Å². The molecule has 0 heterocycles. The summed E-state index contributed by atoms with van der Waals surface area (Å²) in [4.78, 5) is 14.1. The summed E-state index contributed by atoms with van der Waals surface area (Å²) in [5.74, 6) is 0.927. The number of hydrogen-bond acceptors (Lipinski definition) is 4. The minimum Gasteiger partial charge on any atom is -0.488 e. The Labute approximate surface area is 180 Å². The first kappa shape index (κ1) is 25.0. The Morgan fingerprint density at radius 2 is 1.72 bits per heavy atom. The van der Waals surface area contributed by atoms with Gasteiger partial charge in [-0.1, -0.05) is 36.4 Å². The van der Waals surface area contributed by atoms with Crippen molar-refractivity contribution in [1.82, 2.24) is 4.90 Å². The highest BCUT2D eigenvalue weighted by molar-refractivity contribution is 5.85. The molecule has 2 aromatic rings. The highest BCUT2D eigenvalue weighted by Gasteiger charge is 2.16. The van der Waals surface area contributed by atoms with E-state index in [0.29, 0.717) is 26.1 Å². The molecule has 0 spiro atoms. The predicted octanol–water partition coefficient (Wildman–Crippen LogP) is 3.93. The Kier molecular flexibility index (Phi) is 10.2. The number of benzene rings is 2. The number of carbonyl (C=O) groups excluding carboxylic acids is 1. The molecule has 0 fully saturated rings. The fourth-order valence-electron chi connectivity index (χ4n) is 3.26. The zero-order valence-corrected chi connectivity index (χ0v) is 18.8. The number of carbonyl (C=O) groups is 1. The van der Waals surface area contributed by atoms with E-state index in [4.69, 9.17) is 15.2 Å². The van der Waals surface area contributed by atoms with Gasteiger partial charge < -0.3 is 20.1 Å². The van der Waals surface area contributed by atoms with Gasteiger partial charge in [0.2, 0.25) is 5.91 Å². The molecule has 0 aliphatic carbocycles. The molecule has 0 radical (unpaired) electrons. The first-order chi connectivity index (χ1) is 13.3. The number of rotatable bonds is 9. The van der Waals surface area contributed by atoms with Crippen molar-refractivity contribution in [2.45, 2.75) is 46.4 Å². The number of nitrogens with zero attached hydrogens (tertiary/aromatic N) is 1. The molecule has 0 aromatic heterocycles. The molecule has 1 atom stereocenters. The second-order valence-corrected chi connectivity index (χ2v) is 7.32. The maximum Gasteiger partial charge on any atom is 0.225 e. The summed E-state index contributed by atoms with van der Waals surface area (Å²) >= 11 is 0. The smallest absolute Gasteiger partial charge is 0.225 e. The van der Waals surface area contributed by atoms with E-state index in [0.717, 1.165) is 22.4 Å². The lowest BCUT2D eigenvalue weighted by Gasteiger charge is -2.21. The van der Waals surface area contributed by atoms with Gasteiger partial charge in [-0.3, -0.25) is 4.79 Å². The third-order valence-electron chi connectivity index (χ3n) is 5.00. The normalized spacial score (nSPS) is 11.5. The topological polar surface area (TPSA) is 64.8 Å². The van der Waals surface area contributed by atoms with Crippen LogP contribution in [0.5, 0.6) is 5.75 Å². The molecule has 1 amide bonds. The van der Waals surface area contributed by atoms with Gasteiger partial charge in [0.25, 0.3) is 0 Å². The predicted molar refractivity (Wildman–Crippen MR) is 120 cm³/mol. The number of halogens is 1. The summed E-state index contributed by atoms with van der Waals surface area (Å²) in [5.41, 5.74) is 11.2. The van der Waals surface area contributed by atoms with Gasteiger partial charge in [-0.25, -0.2) is 0 Å². The van der Waals surface area contributed by atoms with E-state index in [-0.39, 0.29) is 24.4 Å². The second kappa shape index (κ2) is 11.8. The summed E-state index contributed by atoms with van der Waals surface area (Å²) in [6, 6.07) is 12.4. The van der Waals surface area contributed by atoms with Crippen LogP contribution in [0, 0.1) is 20.8 Å². The zero-order valence-electron chi connectivity index (χ0n) is 18.0. The molecule has 2 aromatic carbocycles. The van der Waals surface area contributed by atoms with E-state index >= 15 is 0 Å². The third kappa shape index (κ3) is 7.03. The first-order valence-corrected chi connectivity index (χ1v) is 9.60. The van der Waals surface area contributed by atoms with Crippen molar-refractivity contribution in [2.24, 2.45) is 5.73 Å². The molecule has 0 bridgehead atoms. The van der Waals surface area contributed by atoms with Crippen LogP contribution < -0.4 is 10.5 Å². The van der Waals surface area contributed by atoms with Gasteiger partial charge >= 0.3 is 0 Å².